The molecule has 2 fully saturated rings. The molecule has 0 amide bonds. The molecule has 0 unspecified atom stereocenters. The third-order valence-electron chi connectivity index (χ3n) is 1.08. The van der Waals surface area contributed by atoms with Gasteiger partial charge in [0.15, 0.2) is 0 Å². The summed E-state index contributed by atoms with van der Waals surface area (Å²) in [5.74, 6) is 5.52. The molecule has 14 heavy (non-hydrogen) atoms. The molecule has 0 aromatic carbocycles. The van der Waals surface area contributed by atoms with Crippen molar-refractivity contribution in [2.24, 2.45) is 0 Å². The van der Waals surface area contributed by atoms with E-state index < -0.39 is 4.94 Å². The van der Waals surface area contributed by atoms with Gasteiger partial charge in [-0.1, -0.05) is 0 Å². The SMILES string of the molecule is C1CSCS1.C1CSCS1.O=[C](O)[Ni]. The van der Waals surface area contributed by atoms with E-state index >= 15 is 0 Å². The second-order valence-corrected chi connectivity index (χ2v) is 7.67. The molecular formula is C7H13NiO2S4. The standard InChI is InChI=1S/2C3H6S2.CHO2.Ni/c2*1-2-5-3-4-1;2-1-3;/h2*1-3H2;(H,2,3);. The predicted molar refractivity (Wildman–Crippen MR) is 67.6 cm³/mol. The van der Waals surface area contributed by atoms with E-state index in [1.54, 1.807) is 0 Å². The molecule has 7 heteroatoms. The average molecular weight is 316 g/mol. The monoisotopic (exact) mass is 315 g/mol. The number of carboxylic acid groups (broad SMARTS) is 1. The minimum atomic E-state index is -1.21. The number of hydrogen-bond acceptors (Lipinski definition) is 5. The normalized spacial score (nSPS) is 19.0. The summed E-state index contributed by atoms with van der Waals surface area (Å²) >= 11 is 11.4. The summed E-state index contributed by atoms with van der Waals surface area (Å²) < 4.78 is 0. The van der Waals surface area contributed by atoms with Crippen LogP contribution in [0.15, 0.2) is 0 Å². The maximum absolute atomic E-state index is 8.83. The Morgan fingerprint density at radius 3 is 1.21 bits per heavy atom. The Morgan fingerprint density at radius 2 is 1.14 bits per heavy atom. The summed E-state index contributed by atoms with van der Waals surface area (Å²) in [5.41, 5.74) is 0. The molecule has 1 N–H and O–H groups in total. The molecule has 2 rings (SSSR count). The molecule has 2 heterocycles. The summed E-state index contributed by atoms with van der Waals surface area (Å²) in [7, 11) is 0. The first-order valence-corrected chi connectivity index (χ1v) is 9.01. The topological polar surface area (TPSA) is 37.3 Å². The van der Waals surface area contributed by atoms with Gasteiger partial charge >= 0.3 is 30.3 Å². The van der Waals surface area contributed by atoms with Crippen molar-refractivity contribution < 1.29 is 25.4 Å². The molecule has 0 aliphatic carbocycles. The van der Waals surface area contributed by atoms with Crippen molar-refractivity contribution in [1.82, 2.24) is 0 Å². The molecule has 0 radical (unpaired) electrons. The van der Waals surface area contributed by atoms with Gasteiger partial charge in [0.2, 0.25) is 0 Å². The van der Waals surface area contributed by atoms with E-state index in [2.05, 4.69) is 15.5 Å². The van der Waals surface area contributed by atoms with Crippen molar-refractivity contribution in [2.75, 3.05) is 33.2 Å². The van der Waals surface area contributed by atoms with Crippen LogP contribution in [-0.4, -0.2) is 43.2 Å². The van der Waals surface area contributed by atoms with Crippen molar-refractivity contribution in [3.8, 4) is 0 Å². The zero-order valence-electron chi connectivity index (χ0n) is 7.55. The third-order valence-corrected chi connectivity index (χ3v) is 6.23. The summed E-state index contributed by atoms with van der Waals surface area (Å²) in [5, 5.41) is 9.92. The fourth-order valence-electron chi connectivity index (χ4n) is 0.589. The molecule has 2 nitrogen and oxygen atoms in total. The molecule has 0 aromatic heterocycles. The Hall–Kier alpha value is 1.36. The number of rotatable bonds is 0. The Balaban J connectivity index is 0.000000183. The van der Waals surface area contributed by atoms with Crippen LogP contribution in [0.5, 0.6) is 0 Å². The van der Waals surface area contributed by atoms with E-state index in [1.807, 2.05) is 47.0 Å². The van der Waals surface area contributed by atoms with Crippen molar-refractivity contribution >= 4 is 52.0 Å². The van der Waals surface area contributed by atoms with Crippen molar-refractivity contribution in [3.05, 3.63) is 0 Å². The van der Waals surface area contributed by atoms with Crippen molar-refractivity contribution in [1.29, 1.82) is 0 Å². The van der Waals surface area contributed by atoms with Gasteiger partial charge in [0, 0.05) is 33.2 Å². The van der Waals surface area contributed by atoms with Crippen LogP contribution < -0.4 is 0 Å². The Bertz CT molecular complexity index is 110. The van der Waals surface area contributed by atoms with Crippen molar-refractivity contribution in [3.63, 3.8) is 0 Å². The van der Waals surface area contributed by atoms with Crippen LogP contribution in [-0.2, 0) is 15.5 Å². The minimum absolute atomic E-state index is 1.21. The van der Waals surface area contributed by atoms with Crippen LogP contribution in [0.25, 0.3) is 0 Å². The molecule has 2 saturated heterocycles. The van der Waals surface area contributed by atoms with Gasteiger partial charge in [-0.3, -0.25) is 0 Å². The first-order valence-electron chi connectivity index (χ1n) is 3.90. The second kappa shape index (κ2) is 12.4. The molecular weight excluding hydrogens is 303 g/mol. The molecule has 2 aliphatic rings. The van der Waals surface area contributed by atoms with E-state index in [9.17, 15) is 0 Å². The molecule has 0 spiro atoms. The first kappa shape index (κ1) is 15.4. The molecule has 2 aliphatic heterocycles. The van der Waals surface area contributed by atoms with E-state index in [0.29, 0.717) is 0 Å². The zero-order valence-corrected chi connectivity index (χ0v) is 11.8. The van der Waals surface area contributed by atoms with Crippen molar-refractivity contribution in [2.45, 2.75) is 0 Å². The maximum atomic E-state index is 8.83. The first-order chi connectivity index (χ1) is 6.73. The molecule has 0 aromatic rings. The summed E-state index contributed by atoms with van der Waals surface area (Å²) in [6.45, 7) is 0. The summed E-state index contributed by atoms with van der Waals surface area (Å²) in [6.07, 6.45) is 0. The van der Waals surface area contributed by atoms with E-state index in [0.717, 1.165) is 0 Å². The van der Waals surface area contributed by atoms with Crippen LogP contribution >= 0.6 is 47.0 Å². The number of thioether (sulfide) groups is 4. The molecule has 0 bridgehead atoms. The molecule has 87 valence electrons. The van der Waals surface area contributed by atoms with Crippen LogP contribution in [0.3, 0.4) is 0 Å². The predicted octanol–water partition coefficient (Wildman–Crippen LogP) is 3.06. The van der Waals surface area contributed by atoms with E-state index in [4.69, 9.17) is 9.90 Å². The average Bonchev–Trinajstić information content (AvgIpc) is 2.83. The summed E-state index contributed by atoms with van der Waals surface area (Å²) in [6, 6.07) is 0. The van der Waals surface area contributed by atoms with Gasteiger partial charge in [0.1, 0.15) is 0 Å². The number of carbonyl (C=O) groups is 1. The molecule has 0 saturated carbocycles. The van der Waals surface area contributed by atoms with Gasteiger partial charge < -0.3 is 0 Å². The van der Waals surface area contributed by atoms with Crippen LogP contribution in [0.2, 0.25) is 0 Å². The van der Waals surface area contributed by atoms with E-state index in [-0.39, 0.29) is 0 Å². The zero-order chi connectivity index (χ0) is 10.6. The van der Waals surface area contributed by atoms with Gasteiger partial charge in [0.05, 0.1) is 0 Å². The summed E-state index contributed by atoms with van der Waals surface area (Å²) in [4.78, 5) is 7.63. The van der Waals surface area contributed by atoms with Gasteiger partial charge in [-0.25, -0.2) is 0 Å². The Labute approximate surface area is 110 Å². The quantitative estimate of drug-likeness (QED) is 0.692. The fraction of sp³-hybridized carbons (Fsp3) is 0.857. The third kappa shape index (κ3) is 15.8. The van der Waals surface area contributed by atoms with Gasteiger partial charge in [-0.2, -0.15) is 47.0 Å². The van der Waals surface area contributed by atoms with Crippen LogP contribution in [0.4, 0.5) is 4.79 Å². The fourth-order valence-corrected chi connectivity index (χ4v) is 5.30. The Morgan fingerprint density at radius 1 is 0.929 bits per heavy atom. The Kier molecular flexibility index (Phi) is 13.6. The van der Waals surface area contributed by atoms with Crippen LogP contribution in [0.1, 0.15) is 0 Å². The van der Waals surface area contributed by atoms with Gasteiger partial charge in [0.25, 0.3) is 0 Å². The van der Waals surface area contributed by atoms with Crippen LogP contribution in [0, 0.1) is 0 Å². The number of hydrogen-bond donors (Lipinski definition) is 1. The molecule has 0 atom stereocenters. The van der Waals surface area contributed by atoms with Gasteiger partial charge in [-0.15, -0.1) is 0 Å². The van der Waals surface area contributed by atoms with E-state index in [1.165, 1.54) is 33.2 Å². The van der Waals surface area contributed by atoms with Gasteiger partial charge in [-0.05, 0) is 0 Å². The second-order valence-electron chi connectivity index (χ2n) is 2.10.